The first-order chi connectivity index (χ1) is 14.8. The lowest BCUT2D eigenvalue weighted by atomic mass is 9.87. The first-order valence-electron chi connectivity index (χ1n) is 10.7. The Bertz CT molecular complexity index is 1010. The zero-order chi connectivity index (χ0) is 20.3. The molecule has 0 saturated carbocycles. The molecule has 0 bridgehead atoms. The molecule has 0 aromatic heterocycles. The Morgan fingerprint density at radius 2 is 1.40 bits per heavy atom. The Kier molecular flexibility index (Phi) is 5.24. The molecule has 0 radical (unpaired) electrons. The van der Waals surface area contributed by atoms with Crippen molar-refractivity contribution in [3.8, 4) is 11.5 Å². The maximum atomic E-state index is 13.4. The highest BCUT2D eigenvalue weighted by Crippen LogP contribution is 2.43. The van der Waals surface area contributed by atoms with Gasteiger partial charge in [0.2, 0.25) is 5.91 Å². The lowest BCUT2D eigenvalue weighted by Crippen LogP contribution is -2.31. The van der Waals surface area contributed by atoms with Crippen LogP contribution in [0, 0.1) is 0 Å². The monoisotopic (exact) mass is 398 g/mol. The SMILES string of the molecule is O=C(NCc1ccccc1CN1CCCC1)C1c2ccccc2Oc2ccccc21. The third-order valence-electron chi connectivity index (χ3n) is 6.11. The Morgan fingerprint density at radius 3 is 2.07 bits per heavy atom. The molecular weight excluding hydrogens is 372 g/mol. The number of fused-ring (bicyclic) bond motifs is 2. The minimum absolute atomic E-state index is 0.00850. The average molecular weight is 399 g/mol. The molecule has 30 heavy (non-hydrogen) atoms. The number of benzene rings is 3. The van der Waals surface area contributed by atoms with Gasteiger partial charge in [-0.1, -0.05) is 60.7 Å². The Labute approximate surface area is 177 Å². The molecule has 0 atom stereocenters. The van der Waals surface area contributed by atoms with Crippen LogP contribution in [0.25, 0.3) is 0 Å². The molecule has 4 nitrogen and oxygen atoms in total. The van der Waals surface area contributed by atoms with Gasteiger partial charge in [-0.2, -0.15) is 0 Å². The molecule has 0 aliphatic carbocycles. The van der Waals surface area contributed by atoms with Gasteiger partial charge in [-0.05, 0) is 49.2 Å². The molecule has 2 aliphatic rings. The van der Waals surface area contributed by atoms with E-state index in [0.29, 0.717) is 6.54 Å². The van der Waals surface area contributed by atoms with Gasteiger partial charge in [-0.3, -0.25) is 9.69 Å². The fraction of sp³-hybridized carbons (Fsp3) is 0.269. The molecular formula is C26H26N2O2. The number of nitrogens with zero attached hydrogens (tertiary/aromatic N) is 1. The lowest BCUT2D eigenvalue weighted by Gasteiger charge is -2.27. The van der Waals surface area contributed by atoms with Crippen molar-refractivity contribution in [2.45, 2.75) is 31.8 Å². The van der Waals surface area contributed by atoms with E-state index in [1.54, 1.807) is 0 Å². The quantitative estimate of drug-likeness (QED) is 0.669. The van der Waals surface area contributed by atoms with E-state index in [9.17, 15) is 4.79 Å². The van der Waals surface area contributed by atoms with Gasteiger partial charge >= 0.3 is 0 Å². The van der Waals surface area contributed by atoms with Crippen LogP contribution in [0.4, 0.5) is 0 Å². The summed E-state index contributed by atoms with van der Waals surface area (Å²) in [6.07, 6.45) is 2.56. The van der Waals surface area contributed by atoms with Gasteiger partial charge in [0, 0.05) is 24.2 Å². The summed E-state index contributed by atoms with van der Waals surface area (Å²) in [7, 11) is 0. The fourth-order valence-corrected chi connectivity index (χ4v) is 4.54. The zero-order valence-electron chi connectivity index (χ0n) is 17.0. The van der Waals surface area contributed by atoms with Crippen LogP contribution in [0.3, 0.4) is 0 Å². The molecule has 1 fully saturated rings. The van der Waals surface area contributed by atoms with E-state index in [-0.39, 0.29) is 11.8 Å². The van der Waals surface area contributed by atoms with Crippen molar-refractivity contribution in [1.29, 1.82) is 0 Å². The van der Waals surface area contributed by atoms with Crippen LogP contribution >= 0.6 is 0 Å². The molecule has 0 spiro atoms. The fourth-order valence-electron chi connectivity index (χ4n) is 4.54. The minimum atomic E-state index is -0.364. The second kappa shape index (κ2) is 8.33. The number of para-hydroxylation sites is 2. The van der Waals surface area contributed by atoms with Crippen LogP contribution in [0.15, 0.2) is 72.8 Å². The molecule has 3 aromatic rings. The molecule has 152 valence electrons. The summed E-state index contributed by atoms with van der Waals surface area (Å²) in [4.78, 5) is 15.9. The summed E-state index contributed by atoms with van der Waals surface area (Å²) in [5, 5.41) is 3.20. The summed E-state index contributed by atoms with van der Waals surface area (Å²) >= 11 is 0. The Hall–Kier alpha value is -3.11. The van der Waals surface area contributed by atoms with Crippen LogP contribution in [-0.2, 0) is 17.9 Å². The molecule has 1 amide bonds. The molecule has 1 saturated heterocycles. The molecule has 4 heteroatoms. The smallest absolute Gasteiger partial charge is 0.232 e. The topological polar surface area (TPSA) is 41.6 Å². The van der Waals surface area contributed by atoms with Crippen molar-refractivity contribution < 1.29 is 9.53 Å². The number of amides is 1. The van der Waals surface area contributed by atoms with Gasteiger partial charge in [0.25, 0.3) is 0 Å². The van der Waals surface area contributed by atoms with Crippen molar-refractivity contribution >= 4 is 5.91 Å². The van der Waals surface area contributed by atoms with Crippen LogP contribution in [0.5, 0.6) is 11.5 Å². The highest BCUT2D eigenvalue weighted by Gasteiger charge is 2.32. The summed E-state index contributed by atoms with van der Waals surface area (Å²) < 4.78 is 6.03. The van der Waals surface area contributed by atoms with Crippen LogP contribution in [-0.4, -0.2) is 23.9 Å². The third-order valence-corrected chi connectivity index (χ3v) is 6.11. The largest absolute Gasteiger partial charge is 0.457 e. The van der Waals surface area contributed by atoms with E-state index < -0.39 is 0 Å². The number of nitrogens with one attached hydrogen (secondary N) is 1. The number of ether oxygens (including phenoxy) is 1. The number of carbonyl (C=O) groups is 1. The van der Waals surface area contributed by atoms with Crippen molar-refractivity contribution in [2.24, 2.45) is 0 Å². The minimum Gasteiger partial charge on any atom is -0.457 e. The summed E-state index contributed by atoms with van der Waals surface area (Å²) in [5.74, 6) is 1.16. The first-order valence-corrected chi connectivity index (χ1v) is 10.7. The maximum Gasteiger partial charge on any atom is 0.232 e. The second-order valence-corrected chi connectivity index (χ2v) is 8.08. The summed E-state index contributed by atoms with van der Waals surface area (Å²) in [6.45, 7) is 3.81. The summed E-state index contributed by atoms with van der Waals surface area (Å²) in [6, 6.07) is 24.1. The van der Waals surface area contributed by atoms with Crippen LogP contribution < -0.4 is 10.1 Å². The van der Waals surface area contributed by atoms with E-state index in [0.717, 1.165) is 42.3 Å². The number of hydrogen-bond acceptors (Lipinski definition) is 3. The zero-order valence-corrected chi connectivity index (χ0v) is 17.0. The molecule has 2 heterocycles. The van der Waals surface area contributed by atoms with E-state index in [2.05, 4.69) is 28.4 Å². The predicted molar refractivity (Wildman–Crippen MR) is 118 cm³/mol. The predicted octanol–water partition coefficient (Wildman–Crippen LogP) is 4.84. The van der Waals surface area contributed by atoms with Crippen LogP contribution in [0.1, 0.15) is 41.0 Å². The van der Waals surface area contributed by atoms with E-state index in [4.69, 9.17) is 4.74 Å². The Morgan fingerprint density at radius 1 is 0.833 bits per heavy atom. The van der Waals surface area contributed by atoms with E-state index >= 15 is 0 Å². The number of rotatable bonds is 5. The van der Waals surface area contributed by atoms with Crippen molar-refractivity contribution in [1.82, 2.24) is 10.2 Å². The number of carbonyl (C=O) groups excluding carboxylic acids is 1. The molecule has 0 unspecified atom stereocenters. The van der Waals surface area contributed by atoms with Crippen molar-refractivity contribution in [2.75, 3.05) is 13.1 Å². The third kappa shape index (κ3) is 3.71. The lowest BCUT2D eigenvalue weighted by molar-refractivity contribution is -0.122. The molecule has 2 aliphatic heterocycles. The molecule has 5 rings (SSSR count). The van der Waals surface area contributed by atoms with Gasteiger partial charge < -0.3 is 10.1 Å². The molecule has 1 N–H and O–H groups in total. The van der Waals surface area contributed by atoms with E-state index in [1.807, 2.05) is 54.6 Å². The van der Waals surface area contributed by atoms with E-state index in [1.165, 1.54) is 24.0 Å². The summed E-state index contributed by atoms with van der Waals surface area (Å²) in [5.41, 5.74) is 4.32. The highest BCUT2D eigenvalue weighted by molar-refractivity contribution is 5.89. The van der Waals surface area contributed by atoms with Gasteiger partial charge in [-0.15, -0.1) is 0 Å². The maximum absolute atomic E-state index is 13.4. The number of likely N-dealkylation sites (tertiary alicyclic amines) is 1. The Balaban J connectivity index is 1.37. The highest BCUT2D eigenvalue weighted by atomic mass is 16.5. The van der Waals surface area contributed by atoms with Crippen molar-refractivity contribution in [3.63, 3.8) is 0 Å². The van der Waals surface area contributed by atoms with Gasteiger partial charge in [0.05, 0.1) is 5.92 Å². The van der Waals surface area contributed by atoms with Gasteiger partial charge in [-0.25, -0.2) is 0 Å². The normalized spacial score (nSPS) is 15.9. The van der Waals surface area contributed by atoms with Gasteiger partial charge in [0.15, 0.2) is 0 Å². The molecule has 3 aromatic carbocycles. The first kappa shape index (κ1) is 18.9. The second-order valence-electron chi connectivity index (χ2n) is 8.08. The van der Waals surface area contributed by atoms with Gasteiger partial charge in [0.1, 0.15) is 11.5 Å². The van der Waals surface area contributed by atoms with Crippen LogP contribution in [0.2, 0.25) is 0 Å². The average Bonchev–Trinajstić information content (AvgIpc) is 3.30. The standard InChI is InChI=1S/C26H26N2O2/c29-26(27-17-19-9-1-2-10-20(19)18-28-15-7-8-16-28)25-21-11-3-5-13-23(21)30-24-14-6-4-12-22(24)25/h1-6,9-14,25H,7-8,15-18H2,(H,27,29). The van der Waals surface area contributed by atoms with Crippen molar-refractivity contribution in [3.05, 3.63) is 95.1 Å². The number of hydrogen-bond donors (Lipinski definition) is 1.